The van der Waals surface area contributed by atoms with Crippen molar-refractivity contribution in [1.82, 2.24) is 4.98 Å². The van der Waals surface area contributed by atoms with Gasteiger partial charge in [0.1, 0.15) is 0 Å². The number of amides is 2. The number of benzene rings is 2. The first-order chi connectivity index (χ1) is 12.6. The Bertz CT molecular complexity index is 963. The summed E-state index contributed by atoms with van der Waals surface area (Å²) < 4.78 is 1.15. The highest BCUT2D eigenvalue weighted by Gasteiger charge is 2.22. The molecule has 1 aliphatic rings. The largest absolute Gasteiger partial charge is 0.326 e. The second-order valence-electron chi connectivity index (χ2n) is 6.39. The van der Waals surface area contributed by atoms with Gasteiger partial charge in [0.2, 0.25) is 11.8 Å². The van der Waals surface area contributed by atoms with Crippen LogP contribution in [0.25, 0.3) is 10.2 Å². The number of nitrogens with zero attached hydrogens (tertiary/aromatic N) is 2. The van der Waals surface area contributed by atoms with Crippen LogP contribution in [0, 0.1) is 0 Å². The molecule has 0 radical (unpaired) electrons. The Morgan fingerprint density at radius 3 is 2.88 bits per heavy atom. The van der Waals surface area contributed by atoms with E-state index in [0.717, 1.165) is 38.6 Å². The predicted octanol–water partition coefficient (Wildman–Crippen LogP) is 3.78. The lowest BCUT2D eigenvalue weighted by Gasteiger charge is -2.15. The number of fused-ring (bicyclic) bond motifs is 2. The number of hydrogen-bond donors (Lipinski definition) is 1. The summed E-state index contributed by atoms with van der Waals surface area (Å²) in [7, 11) is 0. The zero-order chi connectivity index (χ0) is 18.1. The second-order valence-corrected chi connectivity index (χ2v) is 7.50. The quantitative estimate of drug-likeness (QED) is 0.765. The third-order valence-electron chi connectivity index (χ3n) is 4.54. The summed E-state index contributed by atoms with van der Waals surface area (Å²) in [6.45, 7) is 2.28. The molecule has 2 heterocycles. The van der Waals surface area contributed by atoms with Crippen LogP contribution < -0.4 is 10.2 Å². The maximum Gasteiger partial charge on any atom is 0.224 e. The number of para-hydroxylation sites is 1. The van der Waals surface area contributed by atoms with Gasteiger partial charge in [0, 0.05) is 37.7 Å². The molecule has 2 amide bonds. The number of aromatic nitrogens is 1. The lowest BCUT2D eigenvalue weighted by atomic mass is 10.1. The fourth-order valence-electron chi connectivity index (χ4n) is 3.28. The van der Waals surface area contributed by atoms with Gasteiger partial charge in [-0.15, -0.1) is 11.3 Å². The van der Waals surface area contributed by atoms with Crippen molar-refractivity contribution < 1.29 is 9.59 Å². The van der Waals surface area contributed by atoms with Gasteiger partial charge < -0.3 is 10.2 Å². The molecule has 0 saturated heterocycles. The number of nitrogens with one attached hydrogen (secondary N) is 1. The molecule has 4 rings (SSSR count). The molecule has 132 valence electrons. The topological polar surface area (TPSA) is 62.3 Å². The first kappa shape index (κ1) is 16.7. The highest BCUT2D eigenvalue weighted by atomic mass is 32.1. The standard InChI is InChI=1S/C20H19N3O2S/c1-13(24)23-11-10-14-12-15(6-7-17(14)23)21-19(25)8-9-20-22-16-4-2-3-5-18(16)26-20/h2-7,12H,8-11H2,1H3,(H,21,25). The average Bonchev–Trinajstić information content (AvgIpc) is 3.23. The molecule has 0 spiro atoms. The van der Waals surface area contributed by atoms with Gasteiger partial charge in [0.05, 0.1) is 15.2 Å². The van der Waals surface area contributed by atoms with Crippen molar-refractivity contribution in [2.24, 2.45) is 0 Å². The van der Waals surface area contributed by atoms with E-state index in [4.69, 9.17) is 0 Å². The van der Waals surface area contributed by atoms with Crippen LogP contribution in [-0.2, 0) is 22.4 Å². The number of thiazole rings is 1. The van der Waals surface area contributed by atoms with Crippen LogP contribution in [0.4, 0.5) is 11.4 Å². The van der Waals surface area contributed by atoms with Crippen molar-refractivity contribution in [1.29, 1.82) is 0 Å². The van der Waals surface area contributed by atoms with E-state index in [0.29, 0.717) is 19.4 Å². The molecular weight excluding hydrogens is 346 g/mol. The zero-order valence-electron chi connectivity index (χ0n) is 14.5. The maximum atomic E-state index is 12.3. The molecule has 0 fully saturated rings. The van der Waals surface area contributed by atoms with E-state index in [1.54, 1.807) is 23.2 Å². The monoisotopic (exact) mass is 365 g/mol. The Kier molecular flexibility index (Phi) is 4.42. The average molecular weight is 365 g/mol. The number of anilines is 2. The Balaban J connectivity index is 1.38. The van der Waals surface area contributed by atoms with Gasteiger partial charge in [0.15, 0.2) is 0 Å². The third kappa shape index (κ3) is 3.32. The Morgan fingerprint density at radius 1 is 1.23 bits per heavy atom. The van der Waals surface area contributed by atoms with Gasteiger partial charge in [-0.25, -0.2) is 4.98 Å². The van der Waals surface area contributed by atoms with Crippen LogP contribution in [0.1, 0.15) is 23.9 Å². The van der Waals surface area contributed by atoms with E-state index < -0.39 is 0 Å². The molecule has 6 heteroatoms. The van der Waals surface area contributed by atoms with Gasteiger partial charge in [-0.2, -0.15) is 0 Å². The van der Waals surface area contributed by atoms with E-state index in [-0.39, 0.29) is 11.8 Å². The van der Waals surface area contributed by atoms with Crippen molar-refractivity contribution in [3.05, 3.63) is 53.0 Å². The van der Waals surface area contributed by atoms with Gasteiger partial charge in [-0.05, 0) is 42.3 Å². The van der Waals surface area contributed by atoms with Crippen molar-refractivity contribution in [3.63, 3.8) is 0 Å². The lowest BCUT2D eigenvalue weighted by molar-refractivity contribution is -0.117. The minimum atomic E-state index is -0.0226. The molecule has 3 aromatic rings. The van der Waals surface area contributed by atoms with Crippen molar-refractivity contribution >= 4 is 44.7 Å². The maximum absolute atomic E-state index is 12.3. The second kappa shape index (κ2) is 6.88. The predicted molar refractivity (Wildman–Crippen MR) is 105 cm³/mol. The molecule has 1 aliphatic heterocycles. The molecule has 0 aliphatic carbocycles. The summed E-state index contributed by atoms with van der Waals surface area (Å²) in [6, 6.07) is 13.7. The van der Waals surface area contributed by atoms with Crippen LogP contribution in [0.3, 0.4) is 0 Å². The van der Waals surface area contributed by atoms with E-state index in [1.165, 1.54) is 0 Å². The fraction of sp³-hybridized carbons (Fsp3) is 0.250. The molecule has 5 nitrogen and oxygen atoms in total. The van der Waals surface area contributed by atoms with Crippen molar-refractivity contribution in [2.45, 2.75) is 26.2 Å². The van der Waals surface area contributed by atoms with Gasteiger partial charge in [-0.1, -0.05) is 12.1 Å². The summed E-state index contributed by atoms with van der Waals surface area (Å²) in [5.41, 5.74) is 3.82. The molecule has 1 aromatic heterocycles. The Labute approximate surface area is 155 Å². The van der Waals surface area contributed by atoms with Crippen LogP contribution in [0.15, 0.2) is 42.5 Å². The number of carbonyl (C=O) groups is 2. The van der Waals surface area contributed by atoms with E-state index in [9.17, 15) is 9.59 Å². The summed E-state index contributed by atoms with van der Waals surface area (Å²) >= 11 is 1.64. The van der Waals surface area contributed by atoms with E-state index in [1.807, 2.05) is 42.5 Å². The van der Waals surface area contributed by atoms with Gasteiger partial charge >= 0.3 is 0 Å². The molecule has 2 aromatic carbocycles. The molecule has 1 N–H and O–H groups in total. The highest BCUT2D eigenvalue weighted by molar-refractivity contribution is 7.18. The number of rotatable bonds is 4. The number of carbonyl (C=O) groups excluding carboxylic acids is 2. The number of hydrogen-bond acceptors (Lipinski definition) is 4. The van der Waals surface area contributed by atoms with Crippen molar-refractivity contribution in [3.8, 4) is 0 Å². The molecule has 26 heavy (non-hydrogen) atoms. The van der Waals surface area contributed by atoms with Gasteiger partial charge in [-0.3, -0.25) is 9.59 Å². The minimum Gasteiger partial charge on any atom is -0.326 e. The first-order valence-electron chi connectivity index (χ1n) is 8.65. The Hall–Kier alpha value is -2.73. The van der Waals surface area contributed by atoms with Crippen molar-refractivity contribution in [2.75, 3.05) is 16.8 Å². The highest BCUT2D eigenvalue weighted by Crippen LogP contribution is 2.30. The normalized spacial score (nSPS) is 13.0. The van der Waals surface area contributed by atoms with Crippen LogP contribution >= 0.6 is 11.3 Å². The number of aryl methyl sites for hydroxylation is 1. The summed E-state index contributed by atoms with van der Waals surface area (Å²) in [5.74, 6) is 0.0296. The van der Waals surface area contributed by atoms with E-state index in [2.05, 4.69) is 10.3 Å². The van der Waals surface area contributed by atoms with Crippen LogP contribution in [0.2, 0.25) is 0 Å². The molecule has 0 atom stereocenters. The SMILES string of the molecule is CC(=O)N1CCc2cc(NC(=O)CCc3nc4ccccc4s3)ccc21. The third-order valence-corrected chi connectivity index (χ3v) is 5.64. The minimum absolute atomic E-state index is 0.0226. The summed E-state index contributed by atoms with van der Waals surface area (Å²) in [5, 5.41) is 3.93. The molecular formula is C20H19N3O2S. The summed E-state index contributed by atoms with van der Waals surface area (Å²) in [4.78, 5) is 30.2. The Morgan fingerprint density at radius 2 is 2.08 bits per heavy atom. The zero-order valence-corrected chi connectivity index (χ0v) is 15.3. The van der Waals surface area contributed by atoms with Gasteiger partial charge in [0.25, 0.3) is 0 Å². The molecule has 0 bridgehead atoms. The fourth-order valence-corrected chi connectivity index (χ4v) is 4.24. The molecule has 0 saturated carbocycles. The molecule has 0 unspecified atom stereocenters. The summed E-state index contributed by atoms with van der Waals surface area (Å²) in [6.07, 6.45) is 1.86. The first-order valence-corrected chi connectivity index (χ1v) is 9.47. The smallest absolute Gasteiger partial charge is 0.224 e. The van der Waals surface area contributed by atoms with Crippen LogP contribution in [0.5, 0.6) is 0 Å². The lowest BCUT2D eigenvalue weighted by Crippen LogP contribution is -2.25. The van der Waals surface area contributed by atoms with E-state index >= 15 is 0 Å². The van der Waals surface area contributed by atoms with Crippen LogP contribution in [-0.4, -0.2) is 23.3 Å².